The number of nitro benzene ring substituents is 2. The summed E-state index contributed by atoms with van der Waals surface area (Å²) in [6.45, 7) is 0. The first-order chi connectivity index (χ1) is 15.5. The summed E-state index contributed by atoms with van der Waals surface area (Å²) in [7, 11) is 2.13. The maximum atomic E-state index is 11.4. The predicted octanol–water partition coefficient (Wildman–Crippen LogP) is 5.82. The number of hydrogen-bond acceptors (Lipinski definition) is 9. The van der Waals surface area contributed by atoms with Gasteiger partial charge in [0.15, 0.2) is 0 Å². The van der Waals surface area contributed by atoms with E-state index in [1.54, 1.807) is 0 Å². The summed E-state index contributed by atoms with van der Waals surface area (Å²) >= 11 is 0. The van der Waals surface area contributed by atoms with Gasteiger partial charge in [-0.1, -0.05) is 60.7 Å². The highest BCUT2D eigenvalue weighted by Crippen LogP contribution is 2.42. The van der Waals surface area contributed by atoms with Crippen LogP contribution in [0.15, 0.2) is 88.9 Å². The van der Waals surface area contributed by atoms with E-state index >= 15 is 0 Å². The van der Waals surface area contributed by atoms with Crippen LogP contribution in [-0.4, -0.2) is 25.0 Å². The SMILES string of the molecule is O=[N+]([O-])c1ccc(SSc2nnc(-c3ccccc3)c(-c3ccccc3)n2)c([N+](=O)[O-])c1. The van der Waals surface area contributed by atoms with Crippen LogP contribution in [0.1, 0.15) is 0 Å². The molecule has 4 rings (SSSR count). The lowest BCUT2D eigenvalue weighted by Crippen LogP contribution is -1.98. The number of rotatable bonds is 7. The van der Waals surface area contributed by atoms with Gasteiger partial charge in [-0.05, 0) is 27.7 Å². The first kappa shape index (κ1) is 21.4. The van der Waals surface area contributed by atoms with Gasteiger partial charge in [-0.3, -0.25) is 20.2 Å². The zero-order valence-electron chi connectivity index (χ0n) is 16.2. The average molecular weight is 464 g/mol. The third-order valence-electron chi connectivity index (χ3n) is 4.32. The minimum Gasteiger partial charge on any atom is -0.258 e. The summed E-state index contributed by atoms with van der Waals surface area (Å²) in [6, 6.07) is 22.6. The molecule has 11 heteroatoms. The minimum absolute atomic E-state index is 0.252. The normalized spacial score (nSPS) is 10.6. The zero-order chi connectivity index (χ0) is 22.5. The van der Waals surface area contributed by atoms with Crippen LogP contribution in [0.2, 0.25) is 0 Å². The van der Waals surface area contributed by atoms with Gasteiger partial charge < -0.3 is 0 Å². The Balaban J connectivity index is 1.67. The van der Waals surface area contributed by atoms with Crippen LogP contribution in [0, 0.1) is 20.2 Å². The van der Waals surface area contributed by atoms with E-state index < -0.39 is 9.85 Å². The number of aromatic nitrogens is 3. The second-order valence-corrected chi connectivity index (χ2v) is 8.49. The van der Waals surface area contributed by atoms with Crippen molar-refractivity contribution in [3.8, 4) is 22.5 Å². The molecule has 0 unspecified atom stereocenters. The number of nitro groups is 2. The van der Waals surface area contributed by atoms with Crippen molar-refractivity contribution in [2.24, 2.45) is 0 Å². The van der Waals surface area contributed by atoms with Crippen LogP contribution in [-0.2, 0) is 0 Å². The van der Waals surface area contributed by atoms with E-state index in [1.807, 2.05) is 60.7 Å². The molecule has 0 aliphatic heterocycles. The molecule has 32 heavy (non-hydrogen) atoms. The van der Waals surface area contributed by atoms with Crippen LogP contribution in [0.25, 0.3) is 22.5 Å². The summed E-state index contributed by atoms with van der Waals surface area (Å²) in [6.07, 6.45) is 0. The molecule has 4 aromatic rings. The van der Waals surface area contributed by atoms with Crippen LogP contribution in [0.3, 0.4) is 0 Å². The average Bonchev–Trinajstić information content (AvgIpc) is 2.83. The molecule has 0 N–H and O–H groups in total. The molecule has 0 fully saturated rings. The van der Waals surface area contributed by atoms with Gasteiger partial charge in [-0.2, -0.15) is 0 Å². The number of non-ortho nitro benzene ring substituents is 1. The number of benzene rings is 3. The largest absolute Gasteiger partial charge is 0.290 e. The zero-order valence-corrected chi connectivity index (χ0v) is 17.8. The second-order valence-electron chi connectivity index (χ2n) is 6.36. The molecule has 0 spiro atoms. The molecule has 0 bridgehead atoms. The first-order valence-electron chi connectivity index (χ1n) is 9.16. The molecule has 0 atom stereocenters. The lowest BCUT2D eigenvalue weighted by Gasteiger charge is -2.09. The van der Waals surface area contributed by atoms with Crippen molar-refractivity contribution in [1.82, 2.24) is 15.2 Å². The number of nitrogens with zero attached hydrogens (tertiary/aromatic N) is 5. The summed E-state index contributed by atoms with van der Waals surface area (Å²) in [5.41, 5.74) is 2.27. The Hall–Kier alpha value is -3.83. The fourth-order valence-corrected chi connectivity index (χ4v) is 4.69. The molecular formula is C21H13N5O4S2. The quantitative estimate of drug-likeness (QED) is 0.189. The fraction of sp³-hybridized carbons (Fsp3) is 0. The maximum absolute atomic E-state index is 11.4. The summed E-state index contributed by atoms with van der Waals surface area (Å²) in [4.78, 5) is 25.9. The van der Waals surface area contributed by atoms with Gasteiger partial charge in [0.2, 0.25) is 5.16 Å². The Morgan fingerprint density at radius 1 is 0.688 bits per heavy atom. The molecule has 0 aliphatic carbocycles. The van der Waals surface area contributed by atoms with Crippen LogP contribution >= 0.6 is 21.6 Å². The maximum Gasteiger partial charge on any atom is 0.290 e. The van der Waals surface area contributed by atoms with Gasteiger partial charge in [0, 0.05) is 17.2 Å². The van der Waals surface area contributed by atoms with Gasteiger partial charge in [-0.25, -0.2) is 4.98 Å². The van der Waals surface area contributed by atoms with E-state index in [-0.39, 0.29) is 16.3 Å². The van der Waals surface area contributed by atoms with Crippen molar-refractivity contribution in [2.75, 3.05) is 0 Å². The summed E-state index contributed by atoms with van der Waals surface area (Å²) < 4.78 is 0. The smallest absolute Gasteiger partial charge is 0.258 e. The summed E-state index contributed by atoms with van der Waals surface area (Å²) in [5, 5.41) is 31.1. The van der Waals surface area contributed by atoms with Gasteiger partial charge in [-0.15, -0.1) is 10.2 Å². The van der Waals surface area contributed by atoms with Crippen LogP contribution in [0.4, 0.5) is 11.4 Å². The summed E-state index contributed by atoms with van der Waals surface area (Å²) in [5.74, 6) is 0. The van der Waals surface area contributed by atoms with Crippen molar-refractivity contribution in [2.45, 2.75) is 10.1 Å². The molecule has 0 radical (unpaired) electrons. The first-order valence-corrected chi connectivity index (χ1v) is 11.3. The lowest BCUT2D eigenvalue weighted by molar-refractivity contribution is -0.396. The molecule has 0 saturated heterocycles. The molecule has 1 aromatic heterocycles. The highest BCUT2D eigenvalue weighted by molar-refractivity contribution is 8.76. The standard InChI is InChI=1S/C21H13N5O4S2/c27-25(28)16-11-12-18(17(13-16)26(29)30)31-32-21-22-19(14-7-3-1-4-8-14)20(23-24-21)15-9-5-2-6-10-15/h1-13H. The van der Waals surface area contributed by atoms with E-state index in [9.17, 15) is 20.2 Å². The molecule has 0 amide bonds. The van der Waals surface area contributed by atoms with Gasteiger partial charge in [0.05, 0.1) is 20.8 Å². The fourth-order valence-electron chi connectivity index (χ4n) is 2.85. The van der Waals surface area contributed by atoms with Crippen molar-refractivity contribution < 1.29 is 9.85 Å². The molecule has 158 valence electrons. The third kappa shape index (κ3) is 4.74. The monoisotopic (exact) mass is 463 g/mol. The lowest BCUT2D eigenvalue weighted by atomic mass is 10.0. The highest BCUT2D eigenvalue weighted by Gasteiger charge is 2.21. The van der Waals surface area contributed by atoms with Crippen molar-refractivity contribution in [3.05, 3.63) is 99.1 Å². The van der Waals surface area contributed by atoms with Gasteiger partial charge in [0.25, 0.3) is 11.4 Å². The Kier molecular flexibility index (Phi) is 6.38. The molecule has 9 nitrogen and oxygen atoms in total. The Morgan fingerprint density at radius 2 is 1.31 bits per heavy atom. The molecule has 1 heterocycles. The molecule has 0 aliphatic rings. The molecule has 0 saturated carbocycles. The van der Waals surface area contributed by atoms with Crippen LogP contribution < -0.4 is 0 Å². The Morgan fingerprint density at radius 3 is 1.91 bits per heavy atom. The van der Waals surface area contributed by atoms with Crippen molar-refractivity contribution in [1.29, 1.82) is 0 Å². The van der Waals surface area contributed by atoms with E-state index in [1.165, 1.54) is 12.1 Å². The minimum atomic E-state index is -0.671. The third-order valence-corrected chi connectivity index (χ3v) is 6.48. The second kappa shape index (κ2) is 9.54. The highest BCUT2D eigenvalue weighted by atomic mass is 33.1. The van der Waals surface area contributed by atoms with E-state index in [0.717, 1.165) is 38.8 Å². The Bertz CT molecular complexity index is 1290. The van der Waals surface area contributed by atoms with Crippen molar-refractivity contribution >= 4 is 33.0 Å². The van der Waals surface area contributed by atoms with Crippen LogP contribution in [0.5, 0.6) is 0 Å². The van der Waals surface area contributed by atoms with E-state index in [4.69, 9.17) is 0 Å². The number of hydrogen-bond donors (Lipinski definition) is 0. The van der Waals surface area contributed by atoms with Gasteiger partial charge >= 0.3 is 0 Å². The van der Waals surface area contributed by atoms with Gasteiger partial charge in [0.1, 0.15) is 11.4 Å². The molecular weight excluding hydrogens is 450 g/mol. The predicted molar refractivity (Wildman–Crippen MR) is 122 cm³/mol. The van der Waals surface area contributed by atoms with Crippen molar-refractivity contribution in [3.63, 3.8) is 0 Å². The topological polar surface area (TPSA) is 125 Å². The van der Waals surface area contributed by atoms with E-state index in [0.29, 0.717) is 16.5 Å². The Labute approximate surface area is 189 Å². The van der Waals surface area contributed by atoms with E-state index in [2.05, 4.69) is 15.2 Å². The molecule has 3 aromatic carbocycles.